The molecule has 7 nitrogen and oxygen atoms in total. The molecule has 0 aromatic carbocycles. The predicted octanol–water partition coefficient (Wildman–Crippen LogP) is -1.10. The summed E-state index contributed by atoms with van der Waals surface area (Å²) in [5.74, 6) is -2.81. The van der Waals surface area contributed by atoms with Crippen molar-refractivity contribution in [3.8, 4) is 0 Å². The Morgan fingerprint density at radius 3 is 2.44 bits per heavy atom. The number of nitrogens with zero attached hydrogens (tertiary/aromatic N) is 1. The number of aliphatic carboxylic acids is 2. The lowest BCUT2D eigenvalue weighted by atomic mass is 10.1. The molecular weight excluding hydrogens is 218 g/mol. The minimum Gasteiger partial charge on any atom is -0.481 e. The molecule has 0 aromatic rings. The van der Waals surface area contributed by atoms with E-state index in [1.807, 2.05) is 0 Å². The molecule has 90 valence electrons. The Bertz CT molecular complexity index is 315. The van der Waals surface area contributed by atoms with Gasteiger partial charge in [-0.2, -0.15) is 0 Å². The van der Waals surface area contributed by atoms with Gasteiger partial charge >= 0.3 is 11.9 Å². The highest BCUT2D eigenvalue weighted by molar-refractivity contribution is 5.85. The highest BCUT2D eigenvalue weighted by Crippen LogP contribution is 2.17. The van der Waals surface area contributed by atoms with Crippen molar-refractivity contribution in [3.05, 3.63) is 0 Å². The van der Waals surface area contributed by atoms with Gasteiger partial charge in [-0.1, -0.05) is 0 Å². The fraction of sp³-hybridized carbons (Fsp3) is 0.667. The van der Waals surface area contributed by atoms with Gasteiger partial charge < -0.3 is 20.2 Å². The van der Waals surface area contributed by atoms with Crippen LogP contribution in [0.5, 0.6) is 0 Å². The first kappa shape index (κ1) is 12.4. The van der Waals surface area contributed by atoms with Gasteiger partial charge in [0, 0.05) is 13.0 Å². The second-order valence-electron chi connectivity index (χ2n) is 3.69. The zero-order chi connectivity index (χ0) is 12.3. The van der Waals surface area contributed by atoms with Crippen molar-refractivity contribution in [2.75, 3.05) is 6.54 Å². The number of β-amino-alcohol motifs (C(OH)–C–C–N with tert-alkyl or cyclic N) is 1. The fourth-order valence-corrected chi connectivity index (χ4v) is 1.69. The van der Waals surface area contributed by atoms with Crippen LogP contribution in [0.1, 0.15) is 19.3 Å². The minimum absolute atomic E-state index is 0.0462. The topological polar surface area (TPSA) is 115 Å². The Kier molecular flexibility index (Phi) is 3.83. The van der Waals surface area contributed by atoms with Gasteiger partial charge in [0.15, 0.2) is 0 Å². The second-order valence-corrected chi connectivity index (χ2v) is 3.69. The second kappa shape index (κ2) is 4.93. The van der Waals surface area contributed by atoms with Crippen molar-refractivity contribution in [2.24, 2.45) is 0 Å². The Hall–Kier alpha value is -1.63. The van der Waals surface area contributed by atoms with Crippen LogP contribution in [0.15, 0.2) is 0 Å². The number of likely N-dealkylation sites (tertiary alicyclic amines) is 1. The van der Waals surface area contributed by atoms with Gasteiger partial charge in [-0.25, -0.2) is 4.79 Å². The van der Waals surface area contributed by atoms with Crippen LogP contribution in [0.3, 0.4) is 0 Å². The van der Waals surface area contributed by atoms with Crippen LogP contribution in [0.4, 0.5) is 0 Å². The molecule has 0 spiro atoms. The number of carboxylic acid groups (broad SMARTS) is 2. The molecule has 0 aromatic heterocycles. The quantitative estimate of drug-likeness (QED) is 0.553. The van der Waals surface area contributed by atoms with E-state index >= 15 is 0 Å². The number of amides is 1. The minimum atomic E-state index is -1.25. The van der Waals surface area contributed by atoms with E-state index in [9.17, 15) is 19.5 Å². The molecule has 1 fully saturated rings. The molecule has 7 heteroatoms. The van der Waals surface area contributed by atoms with E-state index in [-0.39, 0.29) is 25.8 Å². The largest absolute Gasteiger partial charge is 0.481 e. The van der Waals surface area contributed by atoms with Gasteiger partial charge in [-0.15, -0.1) is 0 Å². The molecule has 16 heavy (non-hydrogen) atoms. The maximum Gasteiger partial charge on any atom is 0.326 e. The van der Waals surface area contributed by atoms with Crippen LogP contribution < -0.4 is 0 Å². The van der Waals surface area contributed by atoms with Crippen LogP contribution in [-0.4, -0.2) is 56.8 Å². The normalized spacial score (nSPS) is 22.2. The zero-order valence-corrected chi connectivity index (χ0v) is 8.50. The molecule has 1 aliphatic rings. The summed E-state index contributed by atoms with van der Waals surface area (Å²) >= 11 is 0. The summed E-state index contributed by atoms with van der Waals surface area (Å²) in [5.41, 5.74) is 0. The molecule has 0 aliphatic carbocycles. The van der Waals surface area contributed by atoms with E-state index in [0.717, 1.165) is 4.90 Å². The van der Waals surface area contributed by atoms with Crippen molar-refractivity contribution in [1.29, 1.82) is 0 Å². The first-order chi connectivity index (χ1) is 7.41. The number of carboxylic acids is 2. The molecule has 3 N–H and O–H groups in total. The van der Waals surface area contributed by atoms with Crippen LogP contribution in [0, 0.1) is 0 Å². The van der Waals surface area contributed by atoms with E-state index in [1.54, 1.807) is 0 Å². The number of aliphatic hydroxyl groups excluding tert-OH is 1. The zero-order valence-electron chi connectivity index (χ0n) is 8.50. The van der Waals surface area contributed by atoms with E-state index in [0.29, 0.717) is 0 Å². The molecule has 1 amide bonds. The fourth-order valence-electron chi connectivity index (χ4n) is 1.69. The molecule has 1 aliphatic heterocycles. The lowest BCUT2D eigenvalue weighted by Crippen LogP contribution is -2.42. The SMILES string of the molecule is O=C(O)CCC(C(=O)O)N1CC(O)CC1=O. The summed E-state index contributed by atoms with van der Waals surface area (Å²) in [5, 5.41) is 26.5. The third kappa shape index (κ3) is 2.93. The van der Waals surface area contributed by atoms with E-state index in [1.165, 1.54) is 0 Å². The molecule has 2 unspecified atom stereocenters. The Morgan fingerprint density at radius 1 is 1.44 bits per heavy atom. The van der Waals surface area contributed by atoms with Crippen LogP contribution in [0.25, 0.3) is 0 Å². The standard InChI is InChI=1S/C9H13NO6/c11-5-3-7(12)10(4-5)6(9(15)16)1-2-8(13)14/h5-6,11H,1-4H2,(H,13,14)(H,15,16). The number of carbonyl (C=O) groups is 3. The summed E-state index contributed by atoms with van der Waals surface area (Å²) in [6.07, 6.45) is -1.43. The summed E-state index contributed by atoms with van der Waals surface area (Å²) in [6.45, 7) is -0.0462. The molecule has 2 atom stereocenters. The maximum atomic E-state index is 11.3. The number of rotatable bonds is 5. The van der Waals surface area contributed by atoms with Gasteiger partial charge in [0.25, 0.3) is 0 Å². The summed E-state index contributed by atoms with van der Waals surface area (Å²) < 4.78 is 0. The third-order valence-corrected chi connectivity index (χ3v) is 2.43. The smallest absolute Gasteiger partial charge is 0.326 e. The highest BCUT2D eigenvalue weighted by atomic mass is 16.4. The Labute approximate surface area is 91.3 Å². The Morgan fingerprint density at radius 2 is 2.06 bits per heavy atom. The monoisotopic (exact) mass is 231 g/mol. The number of aliphatic hydroxyl groups is 1. The maximum absolute atomic E-state index is 11.3. The Balaban J connectivity index is 2.66. The first-order valence-corrected chi connectivity index (χ1v) is 4.84. The van der Waals surface area contributed by atoms with Crippen molar-refractivity contribution < 1.29 is 29.7 Å². The highest BCUT2D eigenvalue weighted by Gasteiger charge is 2.36. The van der Waals surface area contributed by atoms with Gasteiger partial charge in [-0.05, 0) is 6.42 Å². The first-order valence-electron chi connectivity index (χ1n) is 4.84. The van der Waals surface area contributed by atoms with E-state index < -0.39 is 30.0 Å². The van der Waals surface area contributed by atoms with Crippen LogP contribution in [-0.2, 0) is 14.4 Å². The van der Waals surface area contributed by atoms with E-state index in [2.05, 4.69) is 0 Å². The molecule has 1 saturated heterocycles. The molecule has 1 heterocycles. The number of hydrogen-bond acceptors (Lipinski definition) is 4. The summed E-state index contributed by atoms with van der Waals surface area (Å²) in [4.78, 5) is 33.6. The van der Waals surface area contributed by atoms with Gasteiger partial charge in [0.05, 0.1) is 12.5 Å². The van der Waals surface area contributed by atoms with Crippen molar-refractivity contribution in [2.45, 2.75) is 31.4 Å². The molecule has 0 bridgehead atoms. The van der Waals surface area contributed by atoms with Gasteiger partial charge in [0.2, 0.25) is 5.91 Å². The molecule has 1 rings (SSSR count). The van der Waals surface area contributed by atoms with Crippen LogP contribution in [0.2, 0.25) is 0 Å². The molecular formula is C9H13NO6. The van der Waals surface area contributed by atoms with Gasteiger partial charge in [0.1, 0.15) is 6.04 Å². The van der Waals surface area contributed by atoms with Crippen molar-refractivity contribution >= 4 is 17.8 Å². The molecule has 0 radical (unpaired) electrons. The van der Waals surface area contributed by atoms with Crippen molar-refractivity contribution in [1.82, 2.24) is 4.90 Å². The lowest BCUT2D eigenvalue weighted by molar-refractivity contribution is -0.149. The summed E-state index contributed by atoms with van der Waals surface area (Å²) in [7, 11) is 0. The van der Waals surface area contributed by atoms with Crippen LogP contribution >= 0.6 is 0 Å². The third-order valence-electron chi connectivity index (χ3n) is 2.43. The average molecular weight is 231 g/mol. The summed E-state index contributed by atoms with van der Waals surface area (Å²) in [6, 6.07) is -1.17. The van der Waals surface area contributed by atoms with Gasteiger partial charge in [-0.3, -0.25) is 9.59 Å². The lowest BCUT2D eigenvalue weighted by Gasteiger charge is -2.23. The molecule has 0 saturated carbocycles. The van der Waals surface area contributed by atoms with E-state index in [4.69, 9.17) is 10.2 Å². The van der Waals surface area contributed by atoms with Crippen molar-refractivity contribution in [3.63, 3.8) is 0 Å². The average Bonchev–Trinajstić information content (AvgIpc) is 2.45. The number of carbonyl (C=O) groups excluding carboxylic acids is 1. The predicted molar refractivity (Wildman–Crippen MR) is 50.6 cm³/mol. The number of hydrogen-bond donors (Lipinski definition) is 3.